The van der Waals surface area contributed by atoms with Crippen LogP contribution >= 0.6 is 0 Å². The highest BCUT2D eigenvalue weighted by Gasteiger charge is 2.17. The van der Waals surface area contributed by atoms with E-state index in [1.165, 1.54) is 37.7 Å². The summed E-state index contributed by atoms with van der Waals surface area (Å²) < 4.78 is 0. The molecule has 0 amide bonds. The summed E-state index contributed by atoms with van der Waals surface area (Å²) in [6.45, 7) is 0. The van der Waals surface area contributed by atoms with E-state index in [1.54, 1.807) is 0 Å². The van der Waals surface area contributed by atoms with Crippen molar-refractivity contribution in [1.29, 1.82) is 0 Å². The monoisotopic (exact) mass is 187 g/mol. The predicted molar refractivity (Wildman–Crippen MR) is 57.1 cm³/mol. The van der Waals surface area contributed by atoms with Crippen LogP contribution in [0.5, 0.6) is 0 Å². The van der Waals surface area contributed by atoms with Crippen LogP contribution in [0, 0.1) is 0 Å². The molecule has 1 aromatic carbocycles. The van der Waals surface area contributed by atoms with Crippen molar-refractivity contribution in [3.8, 4) is 0 Å². The first kappa shape index (κ1) is 9.45. The first-order valence-electron chi connectivity index (χ1n) is 5.39. The second-order valence-electron chi connectivity index (χ2n) is 4.02. The Morgan fingerprint density at radius 1 is 1.07 bits per heavy atom. The van der Waals surface area contributed by atoms with Crippen LogP contribution in [0.2, 0.25) is 0 Å². The molecule has 0 N–H and O–H groups in total. The fourth-order valence-electron chi connectivity index (χ4n) is 2.36. The summed E-state index contributed by atoms with van der Waals surface area (Å²) in [5.41, 5.74) is 1.97. The normalized spacial score (nSPS) is 18.0. The van der Waals surface area contributed by atoms with Crippen LogP contribution in [0.15, 0.2) is 24.3 Å². The fourth-order valence-corrected chi connectivity index (χ4v) is 2.36. The molecule has 1 aliphatic rings. The highest BCUT2D eigenvalue weighted by Crippen LogP contribution is 2.33. The summed E-state index contributed by atoms with van der Waals surface area (Å²) in [6, 6.07) is 7.88. The standard InChI is InChI=1S/C13H15O/c14-10-12-8-4-5-9-13(12)11-6-2-1-3-7-11/h4-5,8-9,11H,1-3,6-7H2. The summed E-state index contributed by atoms with van der Waals surface area (Å²) in [5, 5.41) is 0. The Morgan fingerprint density at radius 2 is 1.79 bits per heavy atom. The van der Waals surface area contributed by atoms with Gasteiger partial charge in [-0.15, -0.1) is 0 Å². The lowest BCUT2D eigenvalue weighted by molar-refractivity contribution is 0.443. The smallest absolute Gasteiger partial charge is 0.233 e. The van der Waals surface area contributed by atoms with Crippen LogP contribution in [0.25, 0.3) is 0 Å². The average molecular weight is 187 g/mol. The molecule has 1 radical (unpaired) electrons. The minimum atomic E-state index is 0.599. The third-order valence-corrected chi connectivity index (χ3v) is 3.12. The second-order valence-corrected chi connectivity index (χ2v) is 4.02. The van der Waals surface area contributed by atoms with Crippen molar-refractivity contribution in [3.63, 3.8) is 0 Å². The molecule has 1 heteroatoms. The highest BCUT2D eigenvalue weighted by molar-refractivity contribution is 5.78. The van der Waals surface area contributed by atoms with Gasteiger partial charge in [0.1, 0.15) is 0 Å². The highest BCUT2D eigenvalue weighted by atomic mass is 16.1. The average Bonchev–Trinajstić information content (AvgIpc) is 2.30. The van der Waals surface area contributed by atoms with Crippen molar-refractivity contribution in [2.75, 3.05) is 0 Å². The van der Waals surface area contributed by atoms with Gasteiger partial charge < -0.3 is 0 Å². The molecule has 0 unspecified atom stereocenters. The van der Waals surface area contributed by atoms with E-state index in [-0.39, 0.29) is 0 Å². The van der Waals surface area contributed by atoms with Crippen molar-refractivity contribution < 1.29 is 4.79 Å². The molecule has 1 saturated carbocycles. The Morgan fingerprint density at radius 3 is 2.50 bits per heavy atom. The van der Waals surface area contributed by atoms with Crippen molar-refractivity contribution in [2.45, 2.75) is 38.0 Å². The summed E-state index contributed by atoms with van der Waals surface area (Å²) in [6.07, 6.45) is 8.47. The predicted octanol–water partition coefficient (Wildman–Crippen LogP) is 3.19. The van der Waals surface area contributed by atoms with Crippen LogP contribution in [-0.4, -0.2) is 6.29 Å². The third-order valence-electron chi connectivity index (χ3n) is 3.12. The van der Waals surface area contributed by atoms with Crippen LogP contribution in [0.1, 0.15) is 49.1 Å². The first-order chi connectivity index (χ1) is 6.92. The van der Waals surface area contributed by atoms with E-state index in [0.29, 0.717) is 5.92 Å². The van der Waals surface area contributed by atoms with Crippen molar-refractivity contribution in [2.24, 2.45) is 0 Å². The molecule has 0 aliphatic heterocycles. The zero-order chi connectivity index (χ0) is 9.80. The van der Waals surface area contributed by atoms with Crippen LogP contribution in [0.3, 0.4) is 0 Å². The van der Waals surface area contributed by atoms with Crippen molar-refractivity contribution >= 4 is 6.29 Å². The lowest BCUT2D eigenvalue weighted by Crippen LogP contribution is -2.06. The molecule has 14 heavy (non-hydrogen) atoms. The Balaban J connectivity index is 2.24. The van der Waals surface area contributed by atoms with Crippen LogP contribution in [-0.2, 0) is 4.79 Å². The Hall–Kier alpha value is -1.11. The molecule has 1 aromatic rings. The molecular formula is C13H15O. The summed E-state index contributed by atoms with van der Waals surface area (Å²) in [4.78, 5) is 10.7. The number of rotatable bonds is 2. The molecule has 2 rings (SSSR count). The van der Waals surface area contributed by atoms with Gasteiger partial charge in [0.15, 0.2) is 0 Å². The number of hydrogen-bond acceptors (Lipinski definition) is 1. The van der Waals surface area contributed by atoms with Crippen molar-refractivity contribution in [3.05, 3.63) is 35.4 Å². The van der Waals surface area contributed by atoms with E-state index in [1.807, 2.05) is 24.5 Å². The van der Waals surface area contributed by atoms with E-state index >= 15 is 0 Å². The van der Waals surface area contributed by atoms with Crippen LogP contribution in [0.4, 0.5) is 0 Å². The van der Waals surface area contributed by atoms with Gasteiger partial charge in [-0.3, -0.25) is 4.79 Å². The van der Waals surface area contributed by atoms with Gasteiger partial charge in [0.25, 0.3) is 0 Å². The SMILES string of the molecule is O=[C]c1ccccc1C1CCCCC1. The fraction of sp³-hybridized carbons (Fsp3) is 0.462. The zero-order valence-electron chi connectivity index (χ0n) is 8.33. The maximum atomic E-state index is 10.7. The molecule has 0 saturated heterocycles. The quantitative estimate of drug-likeness (QED) is 0.695. The van der Waals surface area contributed by atoms with Gasteiger partial charge in [-0.05, 0) is 24.3 Å². The van der Waals surface area contributed by atoms with E-state index in [4.69, 9.17) is 0 Å². The van der Waals surface area contributed by atoms with Crippen LogP contribution < -0.4 is 0 Å². The molecule has 1 fully saturated rings. The number of hydrogen-bond donors (Lipinski definition) is 0. The lowest BCUT2D eigenvalue weighted by atomic mass is 9.82. The Bertz CT molecular complexity index is 311. The maximum absolute atomic E-state index is 10.7. The molecular weight excluding hydrogens is 172 g/mol. The van der Waals surface area contributed by atoms with E-state index in [9.17, 15) is 4.79 Å². The van der Waals surface area contributed by atoms with Gasteiger partial charge in [-0.2, -0.15) is 0 Å². The third kappa shape index (κ3) is 1.87. The molecule has 1 nitrogen and oxygen atoms in total. The van der Waals surface area contributed by atoms with Gasteiger partial charge in [-0.1, -0.05) is 43.5 Å². The molecule has 0 spiro atoms. The summed E-state index contributed by atoms with van der Waals surface area (Å²) in [5.74, 6) is 0.599. The molecule has 1 aliphatic carbocycles. The zero-order valence-corrected chi connectivity index (χ0v) is 8.33. The second kappa shape index (κ2) is 4.41. The van der Waals surface area contributed by atoms with Crippen molar-refractivity contribution in [1.82, 2.24) is 0 Å². The van der Waals surface area contributed by atoms with Gasteiger partial charge in [0, 0.05) is 5.56 Å². The Kier molecular flexibility index (Phi) is 2.97. The van der Waals surface area contributed by atoms with E-state index in [0.717, 1.165) is 5.56 Å². The van der Waals surface area contributed by atoms with E-state index < -0.39 is 0 Å². The number of carbonyl (C=O) groups excluding carboxylic acids is 1. The topological polar surface area (TPSA) is 17.1 Å². The summed E-state index contributed by atoms with van der Waals surface area (Å²) >= 11 is 0. The molecule has 73 valence electrons. The molecule has 0 atom stereocenters. The van der Waals surface area contributed by atoms with Gasteiger partial charge in [0.05, 0.1) is 0 Å². The number of benzene rings is 1. The molecule has 0 aromatic heterocycles. The largest absolute Gasteiger partial charge is 0.285 e. The molecule has 0 bridgehead atoms. The Labute approximate surface area is 85.1 Å². The minimum Gasteiger partial charge on any atom is -0.285 e. The molecule has 0 heterocycles. The summed E-state index contributed by atoms with van der Waals surface area (Å²) in [7, 11) is 0. The first-order valence-corrected chi connectivity index (χ1v) is 5.39. The van der Waals surface area contributed by atoms with E-state index in [2.05, 4.69) is 6.07 Å². The lowest BCUT2D eigenvalue weighted by Gasteiger charge is -2.22. The maximum Gasteiger partial charge on any atom is 0.233 e. The van der Waals surface area contributed by atoms with Gasteiger partial charge in [-0.25, -0.2) is 0 Å². The van der Waals surface area contributed by atoms with Gasteiger partial charge in [0.2, 0.25) is 6.29 Å². The minimum absolute atomic E-state index is 0.599. The van der Waals surface area contributed by atoms with Gasteiger partial charge >= 0.3 is 0 Å².